The molecule has 4 N–H and O–H groups in total. The van der Waals surface area contributed by atoms with E-state index in [1.165, 1.54) is 32.4 Å². The highest BCUT2D eigenvalue weighted by atomic mass is 127. The topological polar surface area (TPSA) is 82.7 Å². The van der Waals surface area contributed by atoms with Crippen LogP contribution in [-0.2, 0) is 6.54 Å². The van der Waals surface area contributed by atoms with E-state index >= 15 is 0 Å². The summed E-state index contributed by atoms with van der Waals surface area (Å²) < 4.78 is 0. The first-order valence-corrected chi connectivity index (χ1v) is 9.01. The van der Waals surface area contributed by atoms with E-state index in [0.717, 1.165) is 18.1 Å². The van der Waals surface area contributed by atoms with Gasteiger partial charge in [0.25, 0.3) is 0 Å². The Morgan fingerprint density at radius 2 is 1.92 bits per heavy atom. The molecular formula is C19H32IN5O. The molecule has 1 heterocycles. The summed E-state index contributed by atoms with van der Waals surface area (Å²) in [5.74, 6) is 0.349. The Bertz CT molecular complexity index is 612. The number of carbonyl (C=O) groups excluding carboxylic acids is 1. The number of rotatable bonds is 6. The van der Waals surface area contributed by atoms with Crippen molar-refractivity contribution in [2.75, 3.05) is 26.7 Å². The van der Waals surface area contributed by atoms with Gasteiger partial charge in [0, 0.05) is 31.2 Å². The summed E-state index contributed by atoms with van der Waals surface area (Å²) in [6.07, 6.45) is 3.91. The van der Waals surface area contributed by atoms with Crippen LogP contribution in [0.5, 0.6) is 0 Å². The van der Waals surface area contributed by atoms with E-state index in [4.69, 9.17) is 5.73 Å². The number of nitrogens with two attached hydrogens (primary N) is 1. The second-order valence-electron chi connectivity index (χ2n) is 7.20. The molecule has 1 aliphatic heterocycles. The normalized spacial score (nSPS) is 15.9. The Morgan fingerprint density at radius 1 is 1.23 bits per heavy atom. The van der Waals surface area contributed by atoms with Gasteiger partial charge in [0.1, 0.15) is 0 Å². The average Bonchev–Trinajstić information content (AvgIpc) is 2.63. The predicted molar refractivity (Wildman–Crippen MR) is 118 cm³/mol. The van der Waals surface area contributed by atoms with Gasteiger partial charge in [-0.2, -0.15) is 0 Å². The maximum atomic E-state index is 11.3. The molecule has 1 amide bonds. The van der Waals surface area contributed by atoms with E-state index in [9.17, 15) is 4.79 Å². The van der Waals surface area contributed by atoms with Crippen molar-refractivity contribution in [1.82, 2.24) is 15.5 Å². The molecule has 0 atom stereocenters. The monoisotopic (exact) mass is 473 g/mol. The molecule has 0 spiro atoms. The van der Waals surface area contributed by atoms with Crippen LogP contribution in [0.2, 0.25) is 0 Å². The van der Waals surface area contributed by atoms with Gasteiger partial charge in [0.15, 0.2) is 5.96 Å². The Kier molecular flexibility index (Phi) is 9.35. The smallest absolute Gasteiger partial charge is 0.248 e. The van der Waals surface area contributed by atoms with Crippen LogP contribution in [0.1, 0.15) is 49.0 Å². The van der Waals surface area contributed by atoms with Crippen LogP contribution in [0, 0.1) is 0 Å². The lowest BCUT2D eigenvalue weighted by atomic mass is 9.98. The number of piperidine rings is 1. The van der Waals surface area contributed by atoms with Gasteiger partial charge >= 0.3 is 0 Å². The fourth-order valence-corrected chi connectivity index (χ4v) is 3.15. The highest BCUT2D eigenvalue weighted by molar-refractivity contribution is 14.0. The number of hydrogen-bond donors (Lipinski definition) is 3. The molecule has 1 aromatic rings. The number of nitrogens with zero attached hydrogens (tertiary/aromatic N) is 2. The summed E-state index contributed by atoms with van der Waals surface area (Å²) in [5.41, 5.74) is 6.94. The number of likely N-dealkylation sites (tertiary alicyclic amines) is 1. The Balaban J connectivity index is 0.00000338. The molecule has 1 saturated heterocycles. The molecule has 0 bridgehead atoms. The molecule has 0 aromatic heterocycles. The maximum Gasteiger partial charge on any atom is 0.248 e. The lowest BCUT2D eigenvalue weighted by Crippen LogP contribution is -2.54. The van der Waals surface area contributed by atoms with Crippen LogP contribution in [0.25, 0.3) is 0 Å². The lowest BCUT2D eigenvalue weighted by Gasteiger charge is -2.41. The van der Waals surface area contributed by atoms with Gasteiger partial charge in [0.2, 0.25) is 5.91 Å². The molecule has 26 heavy (non-hydrogen) atoms. The third-order valence-electron chi connectivity index (χ3n) is 4.80. The summed E-state index contributed by atoms with van der Waals surface area (Å²) in [7, 11) is 1.77. The zero-order valence-corrected chi connectivity index (χ0v) is 18.4. The third-order valence-corrected chi connectivity index (χ3v) is 4.80. The minimum atomic E-state index is -0.410. The van der Waals surface area contributed by atoms with Gasteiger partial charge in [-0.3, -0.25) is 14.7 Å². The second-order valence-corrected chi connectivity index (χ2v) is 7.20. The number of benzene rings is 1. The zero-order valence-electron chi connectivity index (χ0n) is 16.0. The fourth-order valence-electron chi connectivity index (χ4n) is 3.15. The van der Waals surface area contributed by atoms with Crippen molar-refractivity contribution in [3.8, 4) is 0 Å². The quantitative estimate of drug-likeness (QED) is 0.337. The third kappa shape index (κ3) is 6.75. The summed E-state index contributed by atoms with van der Waals surface area (Å²) >= 11 is 0. The zero-order chi connectivity index (χ0) is 18.3. The van der Waals surface area contributed by atoms with E-state index < -0.39 is 5.91 Å². The van der Waals surface area contributed by atoms with Gasteiger partial charge in [0.05, 0.1) is 0 Å². The number of nitrogens with one attached hydrogen (secondary N) is 2. The molecule has 1 fully saturated rings. The SMILES string of the molecule is CN=C(NCc1cccc(C(N)=O)c1)NCC(C)(C)N1CCCCC1.I. The highest BCUT2D eigenvalue weighted by Gasteiger charge is 2.27. The Hall–Kier alpha value is -1.35. The van der Waals surface area contributed by atoms with Crippen LogP contribution in [0.3, 0.4) is 0 Å². The molecule has 7 heteroatoms. The number of carbonyl (C=O) groups is 1. The molecule has 0 saturated carbocycles. The first kappa shape index (κ1) is 22.7. The summed E-state index contributed by atoms with van der Waals surface area (Å²) in [5, 5.41) is 6.72. The van der Waals surface area contributed by atoms with Crippen LogP contribution in [0.4, 0.5) is 0 Å². The average molecular weight is 473 g/mol. The minimum Gasteiger partial charge on any atom is -0.366 e. The van der Waals surface area contributed by atoms with Gasteiger partial charge in [-0.1, -0.05) is 18.6 Å². The molecule has 146 valence electrons. The Labute approximate surface area is 174 Å². The predicted octanol–water partition coefficient (Wildman–Crippen LogP) is 2.33. The van der Waals surface area contributed by atoms with Crippen LogP contribution < -0.4 is 16.4 Å². The minimum absolute atomic E-state index is 0. The standard InChI is InChI=1S/C19H31N5O.HI/c1-19(2,24-10-5-4-6-11-24)14-23-18(21-3)22-13-15-8-7-9-16(12-15)17(20)25;/h7-9,12H,4-6,10-11,13-14H2,1-3H3,(H2,20,25)(H2,21,22,23);1H. The first-order valence-electron chi connectivity index (χ1n) is 9.01. The van der Waals surface area contributed by atoms with Crippen molar-refractivity contribution in [3.63, 3.8) is 0 Å². The number of hydrogen-bond acceptors (Lipinski definition) is 3. The maximum absolute atomic E-state index is 11.3. The van der Waals surface area contributed by atoms with Crippen LogP contribution >= 0.6 is 24.0 Å². The molecular weight excluding hydrogens is 441 g/mol. The van der Waals surface area contributed by atoms with E-state index in [2.05, 4.69) is 34.4 Å². The van der Waals surface area contributed by atoms with Gasteiger partial charge in [-0.15, -0.1) is 24.0 Å². The van der Waals surface area contributed by atoms with Crippen molar-refractivity contribution in [2.24, 2.45) is 10.7 Å². The van der Waals surface area contributed by atoms with Crippen molar-refractivity contribution in [3.05, 3.63) is 35.4 Å². The van der Waals surface area contributed by atoms with Crippen molar-refractivity contribution in [1.29, 1.82) is 0 Å². The van der Waals surface area contributed by atoms with Crippen molar-refractivity contribution in [2.45, 2.75) is 45.2 Å². The first-order chi connectivity index (χ1) is 11.9. The molecule has 2 rings (SSSR count). The van der Waals surface area contributed by atoms with E-state index in [0.29, 0.717) is 12.1 Å². The molecule has 0 unspecified atom stereocenters. The molecule has 1 aliphatic rings. The van der Waals surface area contributed by atoms with Crippen molar-refractivity contribution < 1.29 is 4.79 Å². The Morgan fingerprint density at radius 3 is 2.54 bits per heavy atom. The van der Waals surface area contributed by atoms with Gasteiger partial charge in [-0.25, -0.2) is 0 Å². The largest absolute Gasteiger partial charge is 0.366 e. The number of halogens is 1. The van der Waals surface area contributed by atoms with Gasteiger partial charge in [-0.05, 0) is 57.5 Å². The van der Waals surface area contributed by atoms with Crippen LogP contribution in [0.15, 0.2) is 29.3 Å². The van der Waals surface area contributed by atoms with E-state index in [-0.39, 0.29) is 29.5 Å². The lowest BCUT2D eigenvalue weighted by molar-refractivity contribution is 0.0982. The molecule has 1 aromatic carbocycles. The summed E-state index contributed by atoms with van der Waals surface area (Å²) in [4.78, 5) is 18.1. The van der Waals surface area contributed by atoms with Gasteiger partial charge < -0.3 is 16.4 Å². The molecule has 6 nitrogen and oxygen atoms in total. The second kappa shape index (κ2) is 10.7. The number of aliphatic imine (C=N–C) groups is 1. The molecule has 0 radical (unpaired) electrons. The summed E-state index contributed by atoms with van der Waals surface area (Å²) in [6, 6.07) is 7.33. The summed E-state index contributed by atoms with van der Waals surface area (Å²) in [6.45, 7) is 8.30. The number of guanidine groups is 1. The van der Waals surface area contributed by atoms with Crippen molar-refractivity contribution >= 4 is 35.8 Å². The number of primary amides is 1. The van der Waals surface area contributed by atoms with E-state index in [1.807, 2.05) is 12.1 Å². The molecule has 0 aliphatic carbocycles. The highest BCUT2D eigenvalue weighted by Crippen LogP contribution is 2.19. The number of amides is 1. The van der Waals surface area contributed by atoms with E-state index in [1.54, 1.807) is 19.2 Å². The van der Waals surface area contributed by atoms with Crippen LogP contribution in [-0.4, -0.2) is 49.0 Å². The fraction of sp³-hybridized carbons (Fsp3) is 0.579.